The fraction of sp³-hybridized carbons (Fsp3) is 0.435. The molecule has 3 unspecified atom stereocenters. The lowest BCUT2D eigenvalue weighted by atomic mass is 9.77. The first-order chi connectivity index (χ1) is 14.9. The van der Waals surface area contributed by atoms with Crippen LogP contribution in [-0.4, -0.2) is 18.1 Å². The van der Waals surface area contributed by atoms with Gasteiger partial charge >= 0.3 is 12.4 Å². The summed E-state index contributed by atoms with van der Waals surface area (Å²) in [5.74, 6) is -0.494. The van der Waals surface area contributed by atoms with Crippen molar-refractivity contribution in [1.29, 1.82) is 0 Å². The second-order valence-electron chi connectivity index (χ2n) is 7.94. The van der Waals surface area contributed by atoms with E-state index in [2.05, 4.69) is 5.32 Å². The van der Waals surface area contributed by atoms with Gasteiger partial charge in [-0.1, -0.05) is 30.3 Å². The number of amides is 1. The van der Waals surface area contributed by atoms with Crippen molar-refractivity contribution in [3.63, 3.8) is 0 Å². The summed E-state index contributed by atoms with van der Waals surface area (Å²) in [5, 5.41) is 2.90. The molecular formula is C23H23F6NO2. The summed E-state index contributed by atoms with van der Waals surface area (Å²) in [6.07, 6.45) is -8.34. The molecule has 0 saturated heterocycles. The summed E-state index contributed by atoms with van der Waals surface area (Å²) in [6.45, 7) is 0.988. The van der Waals surface area contributed by atoms with Crippen LogP contribution in [0, 0.1) is 0 Å². The fourth-order valence-corrected chi connectivity index (χ4v) is 4.20. The second-order valence-corrected chi connectivity index (χ2v) is 7.94. The van der Waals surface area contributed by atoms with E-state index in [1.807, 2.05) is 30.3 Å². The number of hydrogen-bond acceptors (Lipinski definition) is 2. The molecule has 0 radical (unpaired) electrons. The number of halogens is 6. The van der Waals surface area contributed by atoms with Crippen LogP contribution in [0.1, 0.15) is 54.4 Å². The first-order valence-electron chi connectivity index (χ1n) is 10.2. The van der Waals surface area contributed by atoms with E-state index in [0.29, 0.717) is 31.4 Å². The summed E-state index contributed by atoms with van der Waals surface area (Å²) < 4.78 is 84.7. The summed E-state index contributed by atoms with van der Waals surface area (Å²) in [6, 6.07) is 10.4. The Labute approximate surface area is 181 Å². The standard InChI is InChI=1S/C23H23F6NO2/c1-14(31)30-19-8-5-9-20(21(19)16-6-3-2-4-7-16)32-13-15-10-17(22(24,25)26)12-18(11-15)23(27,28)29/h2-4,6-7,10-12,19-21H,5,8-9,13H2,1H3,(H,30,31). The zero-order chi connectivity index (χ0) is 23.5. The Balaban J connectivity index is 1.87. The van der Waals surface area contributed by atoms with Crippen molar-refractivity contribution in [3.8, 4) is 0 Å². The van der Waals surface area contributed by atoms with Crippen LogP contribution in [0.4, 0.5) is 26.3 Å². The van der Waals surface area contributed by atoms with Gasteiger partial charge in [0.1, 0.15) is 0 Å². The molecule has 0 aliphatic heterocycles. The SMILES string of the molecule is CC(=O)NC1CCCC(OCc2cc(C(F)(F)F)cc(C(F)(F)F)c2)C1c1ccccc1. The number of nitrogens with one attached hydrogen (secondary N) is 1. The van der Waals surface area contributed by atoms with E-state index in [0.717, 1.165) is 5.56 Å². The molecule has 3 nitrogen and oxygen atoms in total. The molecule has 1 saturated carbocycles. The topological polar surface area (TPSA) is 38.3 Å². The maximum atomic E-state index is 13.1. The molecule has 1 amide bonds. The number of hydrogen-bond donors (Lipinski definition) is 1. The van der Waals surface area contributed by atoms with Gasteiger partial charge in [0.2, 0.25) is 5.91 Å². The highest BCUT2D eigenvalue weighted by Crippen LogP contribution is 2.38. The molecule has 2 aromatic carbocycles. The van der Waals surface area contributed by atoms with E-state index in [4.69, 9.17) is 4.74 Å². The quantitative estimate of drug-likeness (QED) is 0.551. The van der Waals surface area contributed by atoms with E-state index < -0.39 is 36.2 Å². The summed E-state index contributed by atoms with van der Waals surface area (Å²) in [7, 11) is 0. The van der Waals surface area contributed by atoms with Gasteiger partial charge in [0.15, 0.2) is 0 Å². The van der Waals surface area contributed by atoms with E-state index in [9.17, 15) is 31.1 Å². The fourth-order valence-electron chi connectivity index (χ4n) is 4.20. The first-order valence-corrected chi connectivity index (χ1v) is 10.2. The van der Waals surface area contributed by atoms with Gasteiger partial charge < -0.3 is 10.1 Å². The monoisotopic (exact) mass is 459 g/mol. The van der Waals surface area contributed by atoms with Crippen LogP contribution in [0.2, 0.25) is 0 Å². The molecule has 2 aromatic rings. The van der Waals surface area contributed by atoms with Crippen LogP contribution in [0.5, 0.6) is 0 Å². The molecule has 1 aliphatic rings. The third kappa shape index (κ3) is 6.03. The van der Waals surface area contributed by atoms with Crippen molar-refractivity contribution >= 4 is 5.91 Å². The Morgan fingerprint density at radius 3 is 2.09 bits per heavy atom. The number of carbonyl (C=O) groups is 1. The molecule has 0 spiro atoms. The van der Waals surface area contributed by atoms with Gasteiger partial charge in [-0.05, 0) is 48.6 Å². The van der Waals surface area contributed by atoms with Crippen molar-refractivity contribution in [2.75, 3.05) is 0 Å². The van der Waals surface area contributed by atoms with Crippen molar-refractivity contribution in [3.05, 3.63) is 70.8 Å². The average molecular weight is 459 g/mol. The van der Waals surface area contributed by atoms with E-state index in [-0.39, 0.29) is 29.5 Å². The third-order valence-electron chi connectivity index (χ3n) is 5.52. The molecule has 32 heavy (non-hydrogen) atoms. The van der Waals surface area contributed by atoms with Gasteiger partial charge in [0.05, 0.1) is 23.8 Å². The number of alkyl halides is 6. The lowest BCUT2D eigenvalue weighted by Crippen LogP contribution is -2.46. The Morgan fingerprint density at radius 2 is 1.56 bits per heavy atom. The second kappa shape index (κ2) is 9.52. The third-order valence-corrected chi connectivity index (χ3v) is 5.52. The molecule has 0 aromatic heterocycles. The minimum Gasteiger partial charge on any atom is -0.373 e. The molecule has 174 valence electrons. The Kier molecular flexibility index (Phi) is 7.17. The molecule has 1 aliphatic carbocycles. The van der Waals surface area contributed by atoms with Crippen molar-refractivity contribution < 1.29 is 35.9 Å². The van der Waals surface area contributed by atoms with Crippen molar-refractivity contribution in [1.82, 2.24) is 5.32 Å². The highest BCUT2D eigenvalue weighted by atomic mass is 19.4. The minimum absolute atomic E-state index is 0.101. The van der Waals surface area contributed by atoms with Gasteiger partial charge in [-0.25, -0.2) is 0 Å². The van der Waals surface area contributed by atoms with E-state index >= 15 is 0 Å². The molecule has 0 bridgehead atoms. The molecule has 1 N–H and O–H groups in total. The van der Waals surface area contributed by atoms with E-state index in [1.54, 1.807) is 0 Å². The average Bonchev–Trinajstić information content (AvgIpc) is 2.71. The van der Waals surface area contributed by atoms with Crippen LogP contribution in [-0.2, 0) is 28.5 Å². The van der Waals surface area contributed by atoms with E-state index in [1.165, 1.54) is 6.92 Å². The van der Waals surface area contributed by atoms with Gasteiger partial charge in [-0.2, -0.15) is 26.3 Å². The Bertz CT molecular complexity index is 894. The molecule has 1 fully saturated rings. The lowest BCUT2D eigenvalue weighted by molar-refractivity contribution is -0.143. The predicted octanol–water partition coefficient (Wildman–Crippen LogP) is 6.08. The smallest absolute Gasteiger partial charge is 0.373 e. The van der Waals surface area contributed by atoms with Crippen LogP contribution >= 0.6 is 0 Å². The number of rotatable bonds is 5. The van der Waals surface area contributed by atoms with Crippen LogP contribution in [0.25, 0.3) is 0 Å². The molecule has 0 heterocycles. The van der Waals surface area contributed by atoms with Crippen molar-refractivity contribution in [2.24, 2.45) is 0 Å². The molecule has 3 atom stereocenters. The van der Waals surface area contributed by atoms with Gasteiger partial charge in [0, 0.05) is 18.9 Å². The highest BCUT2D eigenvalue weighted by molar-refractivity contribution is 5.73. The maximum absolute atomic E-state index is 13.1. The largest absolute Gasteiger partial charge is 0.416 e. The van der Waals surface area contributed by atoms with Crippen molar-refractivity contribution in [2.45, 2.75) is 63.2 Å². The van der Waals surface area contributed by atoms with Crippen LogP contribution < -0.4 is 5.32 Å². The zero-order valence-corrected chi connectivity index (χ0v) is 17.3. The number of ether oxygens (including phenoxy) is 1. The van der Waals surface area contributed by atoms with Crippen LogP contribution in [0.3, 0.4) is 0 Å². The number of carbonyl (C=O) groups excluding carboxylic acids is 1. The normalized spacial score (nSPS) is 21.9. The predicted molar refractivity (Wildman–Crippen MR) is 106 cm³/mol. The molecule has 9 heteroatoms. The maximum Gasteiger partial charge on any atom is 0.416 e. The van der Waals surface area contributed by atoms with Gasteiger partial charge in [-0.15, -0.1) is 0 Å². The first kappa shape index (κ1) is 24.1. The lowest BCUT2D eigenvalue weighted by Gasteiger charge is -2.38. The zero-order valence-electron chi connectivity index (χ0n) is 17.3. The molecular weight excluding hydrogens is 436 g/mol. The minimum atomic E-state index is -4.91. The molecule has 3 rings (SSSR count). The Morgan fingerprint density at radius 1 is 0.969 bits per heavy atom. The number of benzene rings is 2. The highest BCUT2D eigenvalue weighted by Gasteiger charge is 2.38. The summed E-state index contributed by atoms with van der Waals surface area (Å²) in [5.41, 5.74) is -2.06. The van der Waals surface area contributed by atoms with Crippen LogP contribution in [0.15, 0.2) is 48.5 Å². The Hall–Kier alpha value is -2.55. The van der Waals surface area contributed by atoms with Gasteiger partial charge in [0.25, 0.3) is 0 Å². The van der Waals surface area contributed by atoms with Gasteiger partial charge in [-0.3, -0.25) is 4.79 Å². The summed E-state index contributed by atoms with van der Waals surface area (Å²) >= 11 is 0. The summed E-state index contributed by atoms with van der Waals surface area (Å²) in [4.78, 5) is 11.7.